The number of alkyl halides is 2. The molecule has 1 atom stereocenters. The maximum absolute atomic E-state index is 14.7. The minimum Gasteiger partial charge on any atom is -0.363 e. The van der Waals surface area contributed by atoms with Gasteiger partial charge in [0, 0.05) is 31.0 Å². The highest BCUT2D eigenvalue weighted by Crippen LogP contribution is 2.32. The Kier molecular flexibility index (Phi) is 6.64. The number of anilines is 1. The predicted molar refractivity (Wildman–Crippen MR) is 126 cm³/mol. The van der Waals surface area contributed by atoms with Crippen LogP contribution >= 0.6 is 0 Å². The molecule has 3 aromatic rings. The maximum atomic E-state index is 14.7. The Labute approximate surface area is 206 Å². The van der Waals surface area contributed by atoms with Gasteiger partial charge in [0.1, 0.15) is 17.5 Å². The fraction of sp³-hybridized carbons (Fsp3) is 0.391. The zero-order valence-electron chi connectivity index (χ0n) is 20.0. The molecule has 9 nitrogen and oxygen atoms in total. The molecule has 1 saturated heterocycles. The lowest BCUT2D eigenvalue weighted by molar-refractivity contribution is -0.122. The van der Waals surface area contributed by atoms with E-state index >= 15 is 0 Å². The molecule has 192 valence electrons. The number of pyridine rings is 1. The lowest BCUT2D eigenvalue weighted by atomic mass is 9.95. The Morgan fingerprint density at radius 2 is 1.86 bits per heavy atom. The number of sulfonamides is 1. The van der Waals surface area contributed by atoms with E-state index in [4.69, 9.17) is 0 Å². The summed E-state index contributed by atoms with van der Waals surface area (Å²) < 4.78 is 68.5. The van der Waals surface area contributed by atoms with Crippen LogP contribution in [-0.2, 0) is 14.8 Å². The van der Waals surface area contributed by atoms with Crippen LogP contribution < -0.4 is 10.6 Å². The predicted octanol–water partition coefficient (Wildman–Crippen LogP) is 3.48. The third kappa shape index (κ3) is 4.85. The number of benzene rings is 1. The third-order valence-electron chi connectivity index (χ3n) is 5.91. The Morgan fingerprint density at radius 3 is 2.50 bits per heavy atom. The van der Waals surface area contributed by atoms with Crippen molar-refractivity contribution in [3.8, 4) is 0 Å². The number of aryl methyl sites for hydroxylation is 1. The van der Waals surface area contributed by atoms with E-state index in [2.05, 4.69) is 25.6 Å². The normalized spacial score (nSPS) is 16.6. The van der Waals surface area contributed by atoms with Crippen LogP contribution in [0.4, 0.5) is 19.0 Å². The maximum Gasteiger partial charge on any atom is 0.266 e. The fourth-order valence-electron chi connectivity index (χ4n) is 4.27. The molecule has 0 unspecified atom stereocenters. The van der Waals surface area contributed by atoms with Gasteiger partial charge < -0.3 is 10.6 Å². The van der Waals surface area contributed by atoms with Crippen LogP contribution in [0.25, 0.3) is 10.9 Å². The zero-order chi connectivity index (χ0) is 26.4. The smallest absolute Gasteiger partial charge is 0.266 e. The second kappa shape index (κ2) is 9.28. The fourth-order valence-corrected chi connectivity index (χ4v) is 5.90. The van der Waals surface area contributed by atoms with Gasteiger partial charge in [0.15, 0.2) is 5.03 Å². The molecule has 0 bridgehead atoms. The molecule has 13 heteroatoms. The van der Waals surface area contributed by atoms with Crippen LogP contribution in [0.3, 0.4) is 0 Å². The molecule has 3 heterocycles. The quantitative estimate of drug-likeness (QED) is 0.488. The van der Waals surface area contributed by atoms with E-state index in [0.29, 0.717) is 16.7 Å². The number of nitrogens with zero attached hydrogens (tertiary/aromatic N) is 4. The monoisotopic (exact) mass is 522 g/mol. The molecular weight excluding hydrogens is 497 g/mol. The number of fused-ring (bicyclic) bond motifs is 1. The minimum atomic E-state index is -3.99. The summed E-state index contributed by atoms with van der Waals surface area (Å²) in [5, 5.41) is 5.81. The molecule has 0 aliphatic carbocycles. The summed E-state index contributed by atoms with van der Waals surface area (Å²) in [6, 6.07) is 4.30. The van der Waals surface area contributed by atoms with Crippen molar-refractivity contribution in [1.29, 1.82) is 0 Å². The molecule has 1 fully saturated rings. The lowest BCUT2D eigenvalue weighted by Crippen LogP contribution is -2.69. The lowest BCUT2D eigenvalue weighted by Gasteiger charge is -2.46. The highest BCUT2D eigenvalue weighted by molar-refractivity contribution is 7.89. The van der Waals surface area contributed by atoms with Crippen molar-refractivity contribution in [3.63, 3.8) is 0 Å². The first-order valence-electron chi connectivity index (χ1n) is 11.1. The van der Waals surface area contributed by atoms with Crippen LogP contribution in [0.5, 0.6) is 0 Å². The Morgan fingerprint density at radius 1 is 1.19 bits per heavy atom. The molecule has 1 amide bonds. The molecule has 0 spiro atoms. The Hall–Kier alpha value is -3.32. The molecule has 36 heavy (non-hydrogen) atoms. The first kappa shape index (κ1) is 25.8. The molecular formula is C23H25F3N6O3S. The van der Waals surface area contributed by atoms with E-state index in [-0.39, 0.29) is 35.4 Å². The van der Waals surface area contributed by atoms with Crippen LogP contribution in [0, 0.1) is 12.7 Å². The molecule has 1 aliphatic rings. The van der Waals surface area contributed by atoms with Gasteiger partial charge in [-0.1, -0.05) is 18.2 Å². The SMILES string of the molecule is CC(=O)NC1(C)CN(S(=O)(=O)c2cc3c(N[C@H](C)c4cccc(C(F)F)c4F)nc(C)nc3cn2)C1. The van der Waals surface area contributed by atoms with Crippen molar-refractivity contribution < 1.29 is 26.4 Å². The van der Waals surface area contributed by atoms with Gasteiger partial charge in [-0.15, -0.1) is 0 Å². The number of hydrogen-bond donors (Lipinski definition) is 2. The molecule has 4 rings (SSSR count). The van der Waals surface area contributed by atoms with Crippen molar-refractivity contribution in [2.24, 2.45) is 0 Å². The summed E-state index contributed by atoms with van der Waals surface area (Å²) in [5.74, 6) is -0.721. The minimum absolute atomic E-state index is 0.0111. The molecule has 0 radical (unpaired) electrons. The summed E-state index contributed by atoms with van der Waals surface area (Å²) in [6.45, 7) is 6.48. The summed E-state index contributed by atoms with van der Waals surface area (Å²) >= 11 is 0. The standard InChI is InChI=1S/C23H25F3N6O3S/c1-12(15-6-5-7-16(20(15)24)21(25)26)28-22-17-8-19(27-9-18(17)29-13(2)30-22)36(34,35)32-10-23(4,11-32)31-14(3)33/h5-9,12,21H,10-11H2,1-4H3,(H,31,33)(H,28,29,30)/t12-/m1/s1. The van der Waals surface area contributed by atoms with E-state index in [1.54, 1.807) is 20.8 Å². The van der Waals surface area contributed by atoms with Crippen molar-refractivity contribution in [3.05, 3.63) is 53.2 Å². The van der Waals surface area contributed by atoms with Crippen LogP contribution in [-0.4, -0.2) is 52.2 Å². The highest BCUT2D eigenvalue weighted by atomic mass is 32.2. The van der Waals surface area contributed by atoms with Gasteiger partial charge in [0.25, 0.3) is 16.4 Å². The Bertz CT molecular complexity index is 1440. The van der Waals surface area contributed by atoms with Gasteiger partial charge in [-0.25, -0.2) is 36.5 Å². The number of nitrogens with one attached hydrogen (secondary N) is 2. The van der Waals surface area contributed by atoms with Gasteiger partial charge in [-0.2, -0.15) is 4.31 Å². The van der Waals surface area contributed by atoms with Gasteiger partial charge >= 0.3 is 0 Å². The molecule has 2 aromatic heterocycles. The van der Waals surface area contributed by atoms with Gasteiger partial charge in [0.2, 0.25) is 5.91 Å². The zero-order valence-corrected chi connectivity index (χ0v) is 20.8. The number of aromatic nitrogens is 3. The first-order chi connectivity index (χ1) is 16.8. The summed E-state index contributed by atoms with van der Waals surface area (Å²) in [5.41, 5.74) is -1.01. The van der Waals surface area contributed by atoms with E-state index in [0.717, 1.165) is 6.07 Å². The first-order valence-corrected chi connectivity index (χ1v) is 12.5. The average Bonchev–Trinajstić information content (AvgIpc) is 2.76. The number of rotatable bonds is 7. The van der Waals surface area contributed by atoms with Crippen molar-refractivity contribution >= 4 is 32.7 Å². The molecule has 1 aliphatic heterocycles. The van der Waals surface area contributed by atoms with E-state index in [1.165, 1.54) is 35.6 Å². The van der Waals surface area contributed by atoms with Gasteiger partial charge in [0.05, 0.1) is 28.9 Å². The summed E-state index contributed by atoms with van der Waals surface area (Å²) in [7, 11) is -3.99. The van der Waals surface area contributed by atoms with Crippen molar-refractivity contribution in [2.75, 3.05) is 18.4 Å². The number of hydrogen-bond acceptors (Lipinski definition) is 7. The average molecular weight is 523 g/mol. The van der Waals surface area contributed by atoms with Crippen LogP contribution in [0.1, 0.15) is 50.2 Å². The molecule has 0 saturated carbocycles. The number of amides is 1. The van der Waals surface area contributed by atoms with Crippen molar-refractivity contribution in [2.45, 2.75) is 50.7 Å². The molecule has 1 aromatic carbocycles. The van der Waals surface area contributed by atoms with Crippen LogP contribution in [0.15, 0.2) is 35.5 Å². The largest absolute Gasteiger partial charge is 0.363 e. The van der Waals surface area contributed by atoms with E-state index in [1.807, 2.05) is 0 Å². The Balaban J connectivity index is 1.67. The van der Waals surface area contributed by atoms with E-state index < -0.39 is 39.4 Å². The second-order valence-electron chi connectivity index (χ2n) is 9.09. The topological polar surface area (TPSA) is 117 Å². The van der Waals surface area contributed by atoms with Crippen molar-refractivity contribution in [1.82, 2.24) is 24.6 Å². The van der Waals surface area contributed by atoms with Gasteiger partial charge in [-0.05, 0) is 26.8 Å². The van der Waals surface area contributed by atoms with E-state index in [9.17, 15) is 26.4 Å². The number of halogens is 3. The third-order valence-corrected chi connectivity index (χ3v) is 7.60. The summed E-state index contributed by atoms with van der Waals surface area (Å²) in [4.78, 5) is 24.1. The molecule has 2 N–H and O–H groups in total. The summed E-state index contributed by atoms with van der Waals surface area (Å²) in [6.07, 6.45) is -1.66. The number of carbonyl (C=O) groups is 1. The van der Waals surface area contributed by atoms with Crippen LogP contribution in [0.2, 0.25) is 0 Å². The second-order valence-corrected chi connectivity index (χ2v) is 11.0. The van der Waals surface area contributed by atoms with Gasteiger partial charge in [-0.3, -0.25) is 4.79 Å². The highest BCUT2D eigenvalue weighted by Gasteiger charge is 2.46. The number of carbonyl (C=O) groups excluding carboxylic acids is 1.